The van der Waals surface area contributed by atoms with Crippen LogP contribution in [0.15, 0.2) is 17.0 Å². The van der Waals surface area contributed by atoms with Gasteiger partial charge in [0, 0.05) is 23.4 Å². The topological polar surface area (TPSA) is 72.2 Å². The molecule has 0 radical (unpaired) electrons. The molecule has 4 nitrogen and oxygen atoms in total. The van der Waals surface area contributed by atoms with Gasteiger partial charge in [-0.2, -0.15) is 11.8 Å². The summed E-state index contributed by atoms with van der Waals surface area (Å²) in [5, 5.41) is 0.459. The summed E-state index contributed by atoms with van der Waals surface area (Å²) in [4.78, 5) is 0.0114. The van der Waals surface area contributed by atoms with E-state index in [9.17, 15) is 8.42 Å². The van der Waals surface area contributed by atoms with Crippen LogP contribution in [-0.2, 0) is 16.6 Å². The maximum Gasteiger partial charge on any atom is 0.242 e. The van der Waals surface area contributed by atoms with Crippen LogP contribution in [0.4, 0.5) is 0 Å². The number of rotatable bonds is 7. The zero-order valence-corrected chi connectivity index (χ0v) is 14.5. The average molecular weight is 357 g/mol. The molecule has 1 unspecified atom stereocenters. The van der Waals surface area contributed by atoms with Crippen LogP contribution in [0.25, 0.3) is 0 Å². The molecule has 0 saturated carbocycles. The van der Waals surface area contributed by atoms with E-state index in [1.807, 2.05) is 13.8 Å². The Morgan fingerprint density at radius 3 is 2.55 bits per heavy atom. The first-order valence-electron chi connectivity index (χ1n) is 6.09. The van der Waals surface area contributed by atoms with Crippen LogP contribution >= 0.6 is 35.0 Å². The van der Waals surface area contributed by atoms with Crippen molar-refractivity contribution in [3.05, 3.63) is 27.7 Å². The van der Waals surface area contributed by atoms with Crippen molar-refractivity contribution >= 4 is 45.0 Å². The zero-order chi connectivity index (χ0) is 15.3. The van der Waals surface area contributed by atoms with Gasteiger partial charge in [0.2, 0.25) is 10.0 Å². The lowest BCUT2D eigenvalue weighted by molar-refractivity contribution is 0.571. The summed E-state index contributed by atoms with van der Waals surface area (Å²) >= 11 is 13.6. The highest BCUT2D eigenvalue weighted by Gasteiger charge is 2.22. The molecular weight excluding hydrogens is 339 g/mol. The molecule has 0 saturated heterocycles. The van der Waals surface area contributed by atoms with Crippen LogP contribution in [-0.4, -0.2) is 26.0 Å². The Kier molecular flexibility index (Phi) is 7.11. The van der Waals surface area contributed by atoms with Crippen molar-refractivity contribution < 1.29 is 8.42 Å². The lowest BCUT2D eigenvalue weighted by Gasteiger charge is -2.15. The molecule has 114 valence electrons. The normalized spacial score (nSPS) is 13.4. The van der Waals surface area contributed by atoms with Crippen molar-refractivity contribution in [3.63, 3.8) is 0 Å². The predicted molar refractivity (Wildman–Crippen MR) is 87.1 cm³/mol. The molecule has 20 heavy (non-hydrogen) atoms. The number of halogens is 2. The van der Waals surface area contributed by atoms with Gasteiger partial charge < -0.3 is 5.73 Å². The van der Waals surface area contributed by atoms with Gasteiger partial charge in [-0.25, -0.2) is 13.1 Å². The Labute approximate surface area is 134 Å². The third kappa shape index (κ3) is 4.79. The summed E-state index contributed by atoms with van der Waals surface area (Å²) in [6, 6.07) is 2.65. The molecular formula is C12H18Cl2N2O2S2. The van der Waals surface area contributed by atoms with E-state index >= 15 is 0 Å². The number of sulfonamides is 1. The Morgan fingerprint density at radius 1 is 1.35 bits per heavy atom. The number of nitrogens with one attached hydrogen (secondary N) is 1. The molecule has 0 aromatic heterocycles. The van der Waals surface area contributed by atoms with Crippen molar-refractivity contribution in [3.8, 4) is 0 Å². The van der Waals surface area contributed by atoms with Crippen molar-refractivity contribution in [1.29, 1.82) is 0 Å². The maximum absolute atomic E-state index is 12.3. The number of hydrogen-bond acceptors (Lipinski definition) is 4. The minimum atomic E-state index is -3.68. The quantitative estimate of drug-likeness (QED) is 0.787. The SMILES string of the molecule is CCSCC(C)NS(=O)(=O)c1cc(CN)c(Cl)cc1Cl. The highest BCUT2D eigenvalue weighted by atomic mass is 35.5. The number of benzene rings is 1. The van der Waals surface area contributed by atoms with Gasteiger partial charge in [-0.3, -0.25) is 0 Å². The van der Waals surface area contributed by atoms with Gasteiger partial charge in [0.05, 0.1) is 5.02 Å². The minimum Gasteiger partial charge on any atom is -0.326 e. The lowest BCUT2D eigenvalue weighted by Crippen LogP contribution is -2.34. The van der Waals surface area contributed by atoms with E-state index in [-0.39, 0.29) is 22.5 Å². The Bertz CT molecular complexity index is 565. The molecule has 1 rings (SSSR count). The Hall–Kier alpha value is 0.0200. The summed E-state index contributed by atoms with van der Waals surface area (Å²) in [6.07, 6.45) is 0. The Morgan fingerprint density at radius 2 is 2.00 bits per heavy atom. The minimum absolute atomic E-state index is 0.0114. The molecule has 0 aliphatic heterocycles. The van der Waals surface area contributed by atoms with E-state index in [0.29, 0.717) is 16.3 Å². The van der Waals surface area contributed by atoms with E-state index in [1.54, 1.807) is 11.8 Å². The fourth-order valence-corrected chi connectivity index (χ4v) is 4.49. The van der Waals surface area contributed by atoms with Crippen molar-refractivity contribution in [2.75, 3.05) is 11.5 Å². The fraction of sp³-hybridized carbons (Fsp3) is 0.500. The first-order valence-corrected chi connectivity index (χ1v) is 9.49. The number of nitrogens with two attached hydrogens (primary N) is 1. The molecule has 8 heteroatoms. The molecule has 0 heterocycles. The monoisotopic (exact) mass is 356 g/mol. The van der Waals surface area contributed by atoms with Crippen LogP contribution in [0.1, 0.15) is 19.4 Å². The highest BCUT2D eigenvalue weighted by Crippen LogP contribution is 2.28. The molecule has 3 N–H and O–H groups in total. The summed E-state index contributed by atoms with van der Waals surface area (Å²) in [5.74, 6) is 1.63. The molecule has 0 aliphatic carbocycles. The Balaban J connectivity index is 3.03. The van der Waals surface area contributed by atoms with Crippen LogP contribution < -0.4 is 10.5 Å². The van der Waals surface area contributed by atoms with Crippen LogP contribution in [0.2, 0.25) is 10.0 Å². The summed E-state index contributed by atoms with van der Waals surface area (Å²) in [7, 11) is -3.68. The largest absolute Gasteiger partial charge is 0.326 e. The second-order valence-corrected chi connectivity index (χ2v) is 8.08. The standard InChI is InChI=1S/C12H18Cl2N2O2S2/c1-3-19-7-8(2)16-20(17,18)12-4-9(6-15)10(13)5-11(12)14/h4-5,8,16H,3,6-7,15H2,1-2H3. The third-order valence-electron chi connectivity index (χ3n) is 2.54. The zero-order valence-electron chi connectivity index (χ0n) is 11.3. The second kappa shape index (κ2) is 7.87. The molecule has 1 aromatic carbocycles. The number of thioether (sulfide) groups is 1. The lowest BCUT2D eigenvalue weighted by atomic mass is 10.2. The van der Waals surface area contributed by atoms with E-state index < -0.39 is 10.0 Å². The summed E-state index contributed by atoms with van der Waals surface area (Å²) in [5.41, 5.74) is 6.08. The van der Waals surface area contributed by atoms with E-state index in [2.05, 4.69) is 4.72 Å². The first kappa shape index (κ1) is 18.1. The molecule has 0 bridgehead atoms. The summed E-state index contributed by atoms with van der Waals surface area (Å²) in [6.45, 7) is 3.99. The smallest absolute Gasteiger partial charge is 0.242 e. The van der Waals surface area contributed by atoms with Gasteiger partial charge in [-0.1, -0.05) is 30.1 Å². The van der Waals surface area contributed by atoms with Crippen LogP contribution in [0.3, 0.4) is 0 Å². The average Bonchev–Trinajstić information content (AvgIpc) is 2.35. The maximum atomic E-state index is 12.3. The highest BCUT2D eigenvalue weighted by molar-refractivity contribution is 7.99. The molecule has 1 aromatic rings. The predicted octanol–water partition coefficient (Wildman–Crippen LogP) is 2.87. The van der Waals surface area contributed by atoms with E-state index in [1.165, 1.54) is 12.1 Å². The van der Waals surface area contributed by atoms with Crippen molar-refractivity contribution in [2.24, 2.45) is 5.73 Å². The van der Waals surface area contributed by atoms with Gasteiger partial charge in [-0.05, 0) is 30.4 Å². The van der Waals surface area contributed by atoms with Gasteiger partial charge in [0.1, 0.15) is 4.90 Å². The second-order valence-electron chi connectivity index (χ2n) is 4.26. The molecule has 0 aliphatic rings. The van der Waals surface area contributed by atoms with Crippen molar-refractivity contribution in [1.82, 2.24) is 4.72 Å². The third-order valence-corrected chi connectivity index (χ3v) is 6.09. The first-order chi connectivity index (χ1) is 9.31. The number of hydrogen-bond donors (Lipinski definition) is 2. The van der Waals surface area contributed by atoms with Crippen LogP contribution in [0.5, 0.6) is 0 Å². The molecule has 1 atom stereocenters. The van der Waals surface area contributed by atoms with Crippen molar-refractivity contribution in [2.45, 2.75) is 31.3 Å². The van der Waals surface area contributed by atoms with Gasteiger partial charge in [0.25, 0.3) is 0 Å². The molecule has 0 amide bonds. The fourth-order valence-electron chi connectivity index (χ4n) is 1.59. The van der Waals surface area contributed by atoms with Gasteiger partial charge >= 0.3 is 0 Å². The molecule has 0 fully saturated rings. The van der Waals surface area contributed by atoms with Gasteiger partial charge in [0.15, 0.2) is 0 Å². The van der Waals surface area contributed by atoms with Crippen LogP contribution in [0, 0.1) is 0 Å². The van der Waals surface area contributed by atoms with E-state index in [4.69, 9.17) is 28.9 Å². The van der Waals surface area contributed by atoms with E-state index in [0.717, 1.165) is 5.75 Å². The molecule has 0 spiro atoms. The summed E-state index contributed by atoms with van der Waals surface area (Å²) < 4.78 is 27.2. The van der Waals surface area contributed by atoms with Gasteiger partial charge in [-0.15, -0.1) is 0 Å².